The average Bonchev–Trinajstić information content (AvgIpc) is 2.14. The Morgan fingerprint density at radius 1 is 1.40 bits per heavy atom. The van der Waals surface area contributed by atoms with Gasteiger partial charge < -0.3 is 5.32 Å². The molecule has 0 aliphatic carbocycles. The Hall–Kier alpha value is -1.01. The molecule has 0 aromatic carbocycles. The first-order valence-corrected chi connectivity index (χ1v) is 6.70. The Kier molecular flexibility index (Phi) is 4.16. The number of nitrogens with zero attached hydrogens (tertiary/aromatic N) is 2. The van der Waals surface area contributed by atoms with Crippen molar-refractivity contribution in [3.8, 4) is 0 Å². The molecule has 0 spiro atoms. The van der Waals surface area contributed by atoms with Crippen LogP contribution in [0, 0.1) is 0 Å². The van der Waals surface area contributed by atoms with Crippen LogP contribution in [0.4, 0.5) is 0 Å². The van der Waals surface area contributed by atoms with Gasteiger partial charge in [-0.3, -0.25) is 0 Å². The average molecular weight is 229 g/mol. The first-order chi connectivity index (χ1) is 6.97. The molecule has 1 N–H and O–H groups in total. The van der Waals surface area contributed by atoms with Gasteiger partial charge in [-0.25, -0.2) is 18.4 Å². The van der Waals surface area contributed by atoms with Crippen LogP contribution in [-0.4, -0.2) is 36.4 Å². The van der Waals surface area contributed by atoms with Crippen LogP contribution in [0.2, 0.25) is 0 Å². The molecular formula is C9H15N3O2S. The van der Waals surface area contributed by atoms with Gasteiger partial charge in [-0.2, -0.15) is 0 Å². The van der Waals surface area contributed by atoms with Crippen molar-refractivity contribution in [1.82, 2.24) is 15.3 Å². The van der Waals surface area contributed by atoms with Gasteiger partial charge in [0.25, 0.3) is 0 Å². The van der Waals surface area contributed by atoms with Crippen molar-refractivity contribution in [3.05, 3.63) is 24.3 Å². The fraction of sp³-hybridized carbons (Fsp3) is 0.556. The number of rotatable bonds is 5. The quantitative estimate of drug-likeness (QED) is 0.769. The lowest BCUT2D eigenvalue weighted by atomic mass is 10.4. The normalized spacial score (nSPS) is 13.7. The van der Waals surface area contributed by atoms with Crippen molar-refractivity contribution in [2.24, 2.45) is 0 Å². The highest BCUT2D eigenvalue weighted by molar-refractivity contribution is 7.90. The summed E-state index contributed by atoms with van der Waals surface area (Å²) in [5.41, 5.74) is 0. The second-order valence-corrected chi connectivity index (χ2v) is 5.72. The van der Waals surface area contributed by atoms with Crippen LogP contribution in [0.5, 0.6) is 0 Å². The predicted molar refractivity (Wildman–Crippen MR) is 58.0 cm³/mol. The van der Waals surface area contributed by atoms with Gasteiger partial charge in [0.15, 0.2) is 0 Å². The molecule has 0 saturated carbocycles. The summed E-state index contributed by atoms with van der Waals surface area (Å²) < 4.78 is 22.0. The third-order valence-electron chi connectivity index (χ3n) is 1.78. The van der Waals surface area contributed by atoms with Crippen molar-refractivity contribution in [1.29, 1.82) is 0 Å². The molecule has 84 valence electrons. The van der Waals surface area contributed by atoms with Crippen molar-refractivity contribution in [2.75, 3.05) is 12.0 Å². The SMILES string of the molecule is CC(CS(C)(=O)=O)NCc1ncccn1. The van der Waals surface area contributed by atoms with Crippen molar-refractivity contribution >= 4 is 9.84 Å². The molecule has 0 fully saturated rings. The van der Waals surface area contributed by atoms with Gasteiger partial charge in [-0.05, 0) is 13.0 Å². The van der Waals surface area contributed by atoms with Gasteiger partial charge >= 0.3 is 0 Å². The Morgan fingerprint density at radius 2 is 2.00 bits per heavy atom. The van der Waals surface area contributed by atoms with Gasteiger partial charge in [0.05, 0.1) is 12.3 Å². The number of hydrogen-bond acceptors (Lipinski definition) is 5. The van der Waals surface area contributed by atoms with Crippen LogP contribution in [0.1, 0.15) is 12.7 Å². The summed E-state index contributed by atoms with van der Waals surface area (Å²) >= 11 is 0. The fourth-order valence-electron chi connectivity index (χ4n) is 1.20. The summed E-state index contributed by atoms with van der Waals surface area (Å²) in [7, 11) is -2.93. The van der Waals surface area contributed by atoms with Gasteiger partial charge in [-0.15, -0.1) is 0 Å². The summed E-state index contributed by atoms with van der Waals surface area (Å²) in [5, 5.41) is 3.05. The molecule has 6 heteroatoms. The molecule has 1 heterocycles. The fourth-order valence-corrected chi connectivity index (χ4v) is 2.23. The van der Waals surface area contributed by atoms with Gasteiger partial charge in [0, 0.05) is 24.7 Å². The van der Waals surface area contributed by atoms with E-state index in [2.05, 4.69) is 15.3 Å². The predicted octanol–water partition coefficient (Wildman–Crippen LogP) is -0.000700. The maximum Gasteiger partial charge on any atom is 0.148 e. The summed E-state index contributed by atoms with van der Waals surface area (Å²) in [4.78, 5) is 8.05. The Morgan fingerprint density at radius 3 is 2.53 bits per heavy atom. The number of sulfone groups is 1. The van der Waals surface area contributed by atoms with Crippen LogP contribution in [0.3, 0.4) is 0 Å². The minimum absolute atomic E-state index is 0.0937. The first kappa shape index (κ1) is 12.1. The van der Waals surface area contributed by atoms with Gasteiger partial charge in [0.2, 0.25) is 0 Å². The lowest BCUT2D eigenvalue weighted by Gasteiger charge is -2.11. The van der Waals surface area contributed by atoms with Crippen molar-refractivity contribution in [3.63, 3.8) is 0 Å². The lowest BCUT2D eigenvalue weighted by Crippen LogP contribution is -2.32. The minimum atomic E-state index is -2.93. The van der Waals surface area contributed by atoms with Crippen molar-refractivity contribution < 1.29 is 8.42 Å². The maximum absolute atomic E-state index is 11.0. The van der Waals surface area contributed by atoms with E-state index in [0.29, 0.717) is 12.4 Å². The molecule has 1 aromatic heterocycles. The Labute approximate surface area is 89.9 Å². The van der Waals surface area contributed by atoms with Crippen molar-refractivity contribution in [2.45, 2.75) is 19.5 Å². The second-order valence-electron chi connectivity index (χ2n) is 3.54. The standard InChI is InChI=1S/C9H15N3O2S/c1-8(7-15(2,13)14)12-6-9-10-4-3-5-11-9/h3-5,8,12H,6-7H2,1-2H3. The van der Waals surface area contributed by atoms with Crippen LogP contribution < -0.4 is 5.32 Å². The molecular weight excluding hydrogens is 214 g/mol. The molecule has 0 aliphatic rings. The third kappa shape index (κ3) is 5.44. The lowest BCUT2D eigenvalue weighted by molar-refractivity contribution is 0.551. The second kappa shape index (κ2) is 5.18. The summed E-state index contributed by atoms with van der Waals surface area (Å²) in [6.45, 7) is 2.31. The summed E-state index contributed by atoms with van der Waals surface area (Å²) in [6.07, 6.45) is 4.54. The maximum atomic E-state index is 11.0. The van der Waals surface area contributed by atoms with E-state index in [4.69, 9.17) is 0 Å². The Bertz CT molecular complexity index is 391. The van der Waals surface area contributed by atoms with E-state index < -0.39 is 9.84 Å². The Balaban J connectivity index is 2.38. The van der Waals surface area contributed by atoms with E-state index in [1.165, 1.54) is 6.26 Å². The van der Waals surface area contributed by atoms with Crippen LogP contribution >= 0.6 is 0 Å². The molecule has 1 rings (SSSR count). The molecule has 1 unspecified atom stereocenters. The monoisotopic (exact) mass is 229 g/mol. The van der Waals surface area contributed by atoms with Gasteiger partial charge in [-0.1, -0.05) is 0 Å². The smallest absolute Gasteiger partial charge is 0.148 e. The molecule has 15 heavy (non-hydrogen) atoms. The number of hydrogen-bond donors (Lipinski definition) is 1. The molecule has 1 aromatic rings. The van der Waals surface area contributed by atoms with Crippen LogP contribution in [0.25, 0.3) is 0 Å². The van der Waals surface area contributed by atoms with E-state index in [-0.39, 0.29) is 11.8 Å². The number of nitrogens with one attached hydrogen (secondary N) is 1. The highest BCUT2D eigenvalue weighted by atomic mass is 32.2. The topological polar surface area (TPSA) is 72.0 Å². The molecule has 0 saturated heterocycles. The molecule has 0 aliphatic heterocycles. The van der Waals surface area contributed by atoms with Gasteiger partial charge in [0.1, 0.15) is 15.7 Å². The van der Waals surface area contributed by atoms with Crippen LogP contribution in [-0.2, 0) is 16.4 Å². The number of aromatic nitrogens is 2. The molecule has 5 nitrogen and oxygen atoms in total. The summed E-state index contributed by atoms with van der Waals surface area (Å²) in [6, 6.07) is 1.65. The molecule has 0 radical (unpaired) electrons. The molecule has 0 amide bonds. The zero-order chi connectivity index (χ0) is 11.3. The highest BCUT2D eigenvalue weighted by Crippen LogP contribution is 1.93. The first-order valence-electron chi connectivity index (χ1n) is 4.64. The third-order valence-corrected chi connectivity index (χ3v) is 2.89. The zero-order valence-electron chi connectivity index (χ0n) is 8.84. The minimum Gasteiger partial charge on any atom is -0.306 e. The van der Waals surface area contributed by atoms with E-state index in [0.717, 1.165) is 0 Å². The van der Waals surface area contributed by atoms with E-state index in [9.17, 15) is 8.42 Å². The highest BCUT2D eigenvalue weighted by Gasteiger charge is 2.09. The van der Waals surface area contributed by atoms with E-state index in [1.54, 1.807) is 18.5 Å². The van der Waals surface area contributed by atoms with E-state index in [1.807, 2.05) is 6.92 Å². The molecule has 0 bridgehead atoms. The molecule has 1 atom stereocenters. The van der Waals surface area contributed by atoms with Crippen LogP contribution in [0.15, 0.2) is 18.5 Å². The van der Waals surface area contributed by atoms with E-state index >= 15 is 0 Å². The zero-order valence-corrected chi connectivity index (χ0v) is 9.66. The largest absolute Gasteiger partial charge is 0.306 e. The summed E-state index contributed by atoms with van der Waals surface area (Å²) in [5.74, 6) is 0.790.